The molecule has 0 aliphatic rings. The highest BCUT2D eigenvalue weighted by atomic mass is 32.2. The predicted molar refractivity (Wildman–Crippen MR) is 128 cm³/mol. The Morgan fingerprint density at radius 1 is 0.875 bits per heavy atom. The number of benzene rings is 3. The van der Waals surface area contributed by atoms with Crippen molar-refractivity contribution in [3.05, 3.63) is 95.6 Å². The van der Waals surface area contributed by atoms with Gasteiger partial charge in [-0.2, -0.15) is 0 Å². The van der Waals surface area contributed by atoms with Crippen molar-refractivity contribution in [3.8, 4) is 5.75 Å². The van der Waals surface area contributed by atoms with E-state index in [1.165, 1.54) is 23.3 Å². The summed E-state index contributed by atoms with van der Waals surface area (Å²) in [6, 6.07) is 25.1. The standard InChI is InChI=1S/C19H26NO.C7H8O3S/c1-16(20(2,3)4)15-21-19-13-9-8-12-18(19)14-17-10-6-5-7-11-17;1-6-2-4-7(5-3-6)11(8,9)10/h5-13,16H,14-15H2,1-4H3;2-5H,1H3,(H,8,9,10)/q+1;/p-1. The zero-order valence-electron chi connectivity index (χ0n) is 19.5. The molecule has 0 bridgehead atoms. The molecule has 0 saturated heterocycles. The van der Waals surface area contributed by atoms with Crippen LogP contribution in [0.25, 0.3) is 0 Å². The fraction of sp³-hybridized carbons (Fsp3) is 0.308. The molecule has 1 atom stereocenters. The quantitative estimate of drug-likeness (QED) is 0.384. The lowest BCUT2D eigenvalue weighted by atomic mass is 10.0. The number of hydrogen-bond acceptors (Lipinski definition) is 4. The summed E-state index contributed by atoms with van der Waals surface area (Å²) in [5, 5.41) is 0. The van der Waals surface area contributed by atoms with Gasteiger partial charge in [0.2, 0.25) is 0 Å². The summed E-state index contributed by atoms with van der Waals surface area (Å²) in [6.45, 7) is 4.77. The summed E-state index contributed by atoms with van der Waals surface area (Å²) in [7, 11) is 2.33. The average Bonchev–Trinajstić information content (AvgIpc) is 2.73. The van der Waals surface area contributed by atoms with Gasteiger partial charge in [-0.05, 0) is 43.2 Å². The molecule has 3 aromatic rings. The Hall–Kier alpha value is -2.67. The lowest BCUT2D eigenvalue weighted by Gasteiger charge is -2.31. The highest BCUT2D eigenvalue weighted by Crippen LogP contribution is 2.22. The third-order valence-electron chi connectivity index (χ3n) is 5.32. The van der Waals surface area contributed by atoms with E-state index in [9.17, 15) is 13.0 Å². The van der Waals surface area contributed by atoms with Crippen molar-refractivity contribution >= 4 is 10.1 Å². The maximum Gasteiger partial charge on any atom is 0.140 e. The SMILES string of the molecule is CC(COc1ccccc1Cc1ccccc1)[N+](C)(C)C.Cc1ccc(S(=O)(=O)[O-])cc1. The lowest BCUT2D eigenvalue weighted by Crippen LogP contribution is -2.46. The summed E-state index contributed by atoms with van der Waals surface area (Å²) in [4.78, 5) is -0.178. The highest BCUT2D eigenvalue weighted by molar-refractivity contribution is 7.85. The van der Waals surface area contributed by atoms with Gasteiger partial charge >= 0.3 is 0 Å². The van der Waals surface area contributed by atoms with Crippen LogP contribution in [0, 0.1) is 6.92 Å². The lowest BCUT2D eigenvalue weighted by molar-refractivity contribution is -0.894. The minimum absolute atomic E-state index is 0.178. The minimum Gasteiger partial charge on any atom is -0.744 e. The Labute approximate surface area is 192 Å². The topological polar surface area (TPSA) is 66.4 Å². The number of para-hydroxylation sites is 1. The molecule has 0 saturated carbocycles. The van der Waals surface area contributed by atoms with Crippen LogP contribution in [-0.4, -0.2) is 51.2 Å². The molecule has 5 nitrogen and oxygen atoms in total. The summed E-state index contributed by atoms with van der Waals surface area (Å²) in [6.07, 6.45) is 0.912. The van der Waals surface area contributed by atoms with Gasteiger partial charge < -0.3 is 13.8 Å². The van der Waals surface area contributed by atoms with Crippen molar-refractivity contribution < 1.29 is 22.2 Å². The number of ether oxygens (including phenoxy) is 1. The van der Waals surface area contributed by atoms with Gasteiger partial charge in [0.15, 0.2) is 0 Å². The smallest absolute Gasteiger partial charge is 0.140 e. The van der Waals surface area contributed by atoms with Crippen molar-refractivity contribution in [1.82, 2.24) is 0 Å². The second-order valence-corrected chi connectivity index (χ2v) is 10.2. The zero-order valence-corrected chi connectivity index (χ0v) is 20.3. The molecule has 3 aromatic carbocycles. The van der Waals surface area contributed by atoms with Gasteiger partial charge in [-0.15, -0.1) is 0 Å². The monoisotopic (exact) mass is 455 g/mol. The van der Waals surface area contributed by atoms with Crippen molar-refractivity contribution in [1.29, 1.82) is 0 Å². The largest absolute Gasteiger partial charge is 0.744 e. The highest BCUT2D eigenvalue weighted by Gasteiger charge is 2.19. The summed E-state index contributed by atoms with van der Waals surface area (Å²) in [5.41, 5.74) is 3.49. The van der Waals surface area contributed by atoms with E-state index in [1.54, 1.807) is 12.1 Å². The second-order valence-electron chi connectivity index (χ2n) is 8.81. The second kappa shape index (κ2) is 11.3. The van der Waals surface area contributed by atoms with Crippen LogP contribution in [0.4, 0.5) is 0 Å². The van der Waals surface area contributed by atoms with Crippen LogP contribution >= 0.6 is 0 Å². The van der Waals surface area contributed by atoms with Crippen molar-refractivity contribution in [2.75, 3.05) is 27.7 Å². The van der Waals surface area contributed by atoms with E-state index in [1.807, 2.05) is 13.0 Å². The van der Waals surface area contributed by atoms with Crippen LogP contribution < -0.4 is 4.74 Å². The Morgan fingerprint density at radius 3 is 2.00 bits per heavy atom. The molecule has 0 fully saturated rings. The van der Waals surface area contributed by atoms with Gasteiger partial charge in [-0.3, -0.25) is 0 Å². The fourth-order valence-corrected chi connectivity index (χ4v) is 3.21. The molecule has 0 heterocycles. The van der Waals surface area contributed by atoms with E-state index < -0.39 is 10.1 Å². The van der Waals surface area contributed by atoms with Gasteiger partial charge in [0, 0.05) is 6.42 Å². The summed E-state index contributed by atoms with van der Waals surface area (Å²) < 4.78 is 38.2. The summed E-state index contributed by atoms with van der Waals surface area (Å²) >= 11 is 0. The molecular weight excluding hydrogens is 422 g/mol. The van der Waals surface area contributed by atoms with Crippen LogP contribution in [0.5, 0.6) is 5.75 Å². The van der Waals surface area contributed by atoms with Crippen LogP contribution in [0.15, 0.2) is 83.8 Å². The Kier molecular flexibility index (Phi) is 9.01. The molecule has 32 heavy (non-hydrogen) atoms. The molecule has 1 unspecified atom stereocenters. The van der Waals surface area contributed by atoms with Gasteiger partial charge in [0.05, 0.1) is 26.0 Å². The number of nitrogens with zero attached hydrogens (tertiary/aromatic N) is 1. The van der Waals surface area contributed by atoms with E-state index >= 15 is 0 Å². The summed E-state index contributed by atoms with van der Waals surface area (Å²) in [5.74, 6) is 1.00. The Balaban J connectivity index is 0.000000278. The van der Waals surface area contributed by atoms with Crippen molar-refractivity contribution in [2.24, 2.45) is 0 Å². The molecule has 6 heteroatoms. The first-order valence-corrected chi connectivity index (χ1v) is 12.0. The van der Waals surface area contributed by atoms with Crippen LogP contribution in [0.2, 0.25) is 0 Å². The van der Waals surface area contributed by atoms with Crippen molar-refractivity contribution in [2.45, 2.75) is 31.2 Å². The van der Waals surface area contributed by atoms with Crippen LogP contribution in [0.3, 0.4) is 0 Å². The number of aryl methyl sites for hydroxylation is 1. The molecule has 0 radical (unpaired) electrons. The first kappa shape index (κ1) is 25.6. The first-order chi connectivity index (χ1) is 15.0. The van der Waals surface area contributed by atoms with Gasteiger partial charge in [0.1, 0.15) is 28.5 Å². The van der Waals surface area contributed by atoms with E-state index in [4.69, 9.17) is 4.74 Å². The van der Waals surface area contributed by atoms with Gasteiger partial charge in [-0.1, -0.05) is 66.2 Å². The molecule has 0 aliphatic heterocycles. The van der Waals surface area contributed by atoms with Crippen molar-refractivity contribution in [3.63, 3.8) is 0 Å². The molecule has 0 aliphatic carbocycles. The van der Waals surface area contributed by atoms with E-state index in [0.717, 1.165) is 28.8 Å². The maximum absolute atomic E-state index is 10.4. The molecule has 172 valence electrons. The zero-order chi connectivity index (χ0) is 23.8. The number of rotatable bonds is 7. The van der Waals surface area contributed by atoms with Gasteiger partial charge in [0.25, 0.3) is 0 Å². The third-order valence-corrected chi connectivity index (χ3v) is 6.17. The average molecular weight is 456 g/mol. The molecule has 0 amide bonds. The van der Waals surface area contributed by atoms with E-state index in [0.29, 0.717) is 6.04 Å². The fourth-order valence-electron chi connectivity index (χ4n) is 2.75. The molecule has 0 spiro atoms. The minimum atomic E-state index is -4.27. The Morgan fingerprint density at radius 2 is 1.44 bits per heavy atom. The van der Waals surface area contributed by atoms with Gasteiger partial charge in [-0.25, -0.2) is 8.42 Å². The van der Waals surface area contributed by atoms with Crippen LogP contribution in [0.1, 0.15) is 23.6 Å². The van der Waals surface area contributed by atoms with Crippen LogP contribution in [-0.2, 0) is 16.5 Å². The predicted octanol–water partition coefficient (Wildman–Crippen LogP) is 4.65. The number of likely N-dealkylation sites (N-methyl/N-ethyl adjacent to an activating group) is 1. The number of quaternary nitrogens is 1. The number of hydrogen-bond donors (Lipinski definition) is 0. The molecule has 0 N–H and O–H groups in total. The van der Waals surface area contributed by atoms with E-state index in [-0.39, 0.29) is 4.90 Å². The third kappa shape index (κ3) is 8.46. The van der Waals surface area contributed by atoms with E-state index in [2.05, 4.69) is 76.6 Å². The normalized spacial score (nSPS) is 12.4. The first-order valence-electron chi connectivity index (χ1n) is 10.5. The Bertz CT molecular complexity index is 1070. The molecular formula is C26H33NO4S. The molecule has 0 aromatic heterocycles. The molecule has 3 rings (SSSR count). The maximum atomic E-state index is 10.4.